The van der Waals surface area contributed by atoms with Crippen molar-refractivity contribution in [3.8, 4) is 23.0 Å². The molecule has 7 rings (SSSR count). The third-order valence-electron chi connectivity index (χ3n) is 9.83. The number of amides is 2. The maximum atomic E-state index is 13.3. The number of fused-ring (bicyclic) bond motifs is 6. The number of phenols is 2. The zero-order valence-corrected chi connectivity index (χ0v) is 29.3. The van der Waals surface area contributed by atoms with Gasteiger partial charge in [-0.15, -0.1) is 0 Å². The highest BCUT2D eigenvalue weighted by atomic mass is 16.6. The fourth-order valence-corrected chi connectivity index (χ4v) is 7.07. The highest BCUT2D eigenvalue weighted by Crippen LogP contribution is 2.57. The van der Waals surface area contributed by atoms with Crippen molar-refractivity contribution in [1.82, 2.24) is 20.2 Å². The number of esters is 1. The molecule has 0 aliphatic carbocycles. The molecule has 0 radical (unpaired) electrons. The minimum absolute atomic E-state index is 0.0325. The quantitative estimate of drug-likeness (QED) is 0.0627. The average Bonchev–Trinajstić information content (AvgIpc) is 3.67. The SMILES string of the molecule is O=C(/C=C/c1cn([C@H]2C[C@H](O)[C@@H](CO)O2)c(=O)[nH]c1=O)NCCCCCCNC(=O)c1ccc2c(c1)C1(OC2=O)c2ccc(O)cc2Oc2cc(O)ccc21. The Kier molecular flexibility index (Phi) is 10.3. The number of benzene rings is 3. The number of hydrogen-bond donors (Lipinski definition) is 7. The van der Waals surface area contributed by atoms with Gasteiger partial charge in [-0.2, -0.15) is 0 Å². The number of ether oxygens (including phenoxy) is 3. The van der Waals surface area contributed by atoms with Gasteiger partial charge in [-0.05, 0) is 61.4 Å². The van der Waals surface area contributed by atoms with E-state index in [2.05, 4.69) is 15.6 Å². The Labute approximate surface area is 312 Å². The van der Waals surface area contributed by atoms with Crippen LogP contribution in [-0.4, -0.2) is 79.7 Å². The normalized spacial score (nSPS) is 19.0. The molecule has 3 aliphatic heterocycles. The number of rotatable bonds is 12. The minimum Gasteiger partial charge on any atom is -0.508 e. The van der Waals surface area contributed by atoms with Gasteiger partial charge in [0.15, 0.2) is 5.60 Å². The number of aromatic hydroxyl groups is 2. The predicted octanol–water partition coefficient (Wildman–Crippen LogP) is 2.28. The van der Waals surface area contributed by atoms with Crippen LogP contribution < -0.4 is 26.6 Å². The lowest BCUT2D eigenvalue weighted by Gasteiger charge is -2.36. The number of carbonyl (C=O) groups excluding carboxylic acids is 3. The molecule has 1 fully saturated rings. The standard InChI is InChI=1S/C39H38N4O12/c44-20-32-29(47)18-34(54-32)43-19-22(36(50)42-38(43)52)6-12-33(48)40-13-3-1-2-4-14-41-35(49)21-5-9-25-28(15-21)39(55-37(25)51)26-10-7-23(45)16-30(26)53-31-17-24(46)8-11-27(31)39/h5-12,15-17,19,29,32,34,44-47H,1-4,13-14,18,20H2,(H,40,48)(H,41,49)(H,42,50,52)/b12-6+/t29-,32+,34+/m0/s1. The van der Waals surface area contributed by atoms with E-state index in [0.717, 1.165) is 17.4 Å². The van der Waals surface area contributed by atoms with Crippen molar-refractivity contribution < 1.29 is 49.0 Å². The lowest BCUT2D eigenvalue weighted by molar-refractivity contribution is -0.116. The number of hydrogen-bond acceptors (Lipinski definition) is 12. The van der Waals surface area contributed by atoms with E-state index in [0.29, 0.717) is 48.2 Å². The highest BCUT2D eigenvalue weighted by molar-refractivity contribution is 6.00. The molecule has 16 heteroatoms. The molecule has 286 valence electrons. The summed E-state index contributed by atoms with van der Waals surface area (Å²) in [4.78, 5) is 65.6. The van der Waals surface area contributed by atoms with Crippen LogP contribution in [0.5, 0.6) is 23.0 Å². The molecule has 1 spiro atoms. The van der Waals surface area contributed by atoms with Crippen molar-refractivity contribution in [3.63, 3.8) is 0 Å². The first-order chi connectivity index (χ1) is 26.5. The van der Waals surface area contributed by atoms with Crippen molar-refractivity contribution in [3.05, 3.63) is 121 Å². The van der Waals surface area contributed by atoms with Gasteiger partial charge in [0.1, 0.15) is 35.3 Å². The van der Waals surface area contributed by atoms with Crippen LogP contribution in [0.25, 0.3) is 6.08 Å². The van der Waals surface area contributed by atoms with Crippen LogP contribution in [0.15, 0.2) is 76.5 Å². The van der Waals surface area contributed by atoms with Gasteiger partial charge in [-0.3, -0.25) is 23.9 Å². The number of unbranched alkanes of at least 4 members (excludes halogenated alkanes) is 3. The molecule has 0 unspecified atom stereocenters. The molecule has 4 heterocycles. The lowest BCUT2D eigenvalue weighted by Crippen LogP contribution is -2.33. The number of aromatic amines is 1. The van der Waals surface area contributed by atoms with Gasteiger partial charge in [-0.1, -0.05) is 12.8 Å². The second-order valence-corrected chi connectivity index (χ2v) is 13.5. The van der Waals surface area contributed by atoms with E-state index in [9.17, 15) is 44.4 Å². The molecule has 2 amide bonds. The Morgan fingerprint density at radius 2 is 1.56 bits per heavy atom. The van der Waals surface area contributed by atoms with E-state index in [-0.39, 0.29) is 46.5 Å². The molecular formula is C39H38N4O12. The summed E-state index contributed by atoms with van der Waals surface area (Å²) in [6, 6.07) is 13.6. The molecule has 3 aliphatic rings. The highest BCUT2D eigenvalue weighted by Gasteiger charge is 2.54. The fourth-order valence-electron chi connectivity index (χ4n) is 7.07. The molecule has 3 atom stereocenters. The fraction of sp³-hybridized carbons (Fsp3) is 0.308. The maximum absolute atomic E-state index is 13.3. The predicted molar refractivity (Wildman–Crippen MR) is 194 cm³/mol. The summed E-state index contributed by atoms with van der Waals surface area (Å²) in [6.07, 6.45) is 3.88. The van der Waals surface area contributed by atoms with E-state index >= 15 is 0 Å². The van der Waals surface area contributed by atoms with Gasteiger partial charge in [0.2, 0.25) is 5.91 Å². The van der Waals surface area contributed by atoms with E-state index in [1.54, 1.807) is 30.3 Å². The average molecular weight is 755 g/mol. The largest absolute Gasteiger partial charge is 0.508 e. The van der Waals surface area contributed by atoms with Gasteiger partial charge < -0.3 is 45.3 Å². The van der Waals surface area contributed by atoms with Crippen molar-refractivity contribution in [2.75, 3.05) is 19.7 Å². The van der Waals surface area contributed by atoms with Crippen LogP contribution in [0.3, 0.4) is 0 Å². The summed E-state index contributed by atoms with van der Waals surface area (Å²) in [5.74, 6) is -1.05. The Bertz CT molecular complexity index is 2260. The summed E-state index contributed by atoms with van der Waals surface area (Å²) < 4.78 is 18.6. The molecule has 7 N–H and O–H groups in total. The Hall–Kier alpha value is -6.23. The first kappa shape index (κ1) is 37.1. The number of nitrogens with zero attached hydrogens (tertiary/aromatic N) is 1. The number of H-pyrrole nitrogens is 1. The first-order valence-corrected chi connectivity index (χ1v) is 17.7. The smallest absolute Gasteiger partial charge is 0.340 e. The van der Waals surface area contributed by atoms with Gasteiger partial charge in [0.05, 0.1) is 23.8 Å². The van der Waals surface area contributed by atoms with Crippen LogP contribution in [0.2, 0.25) is 0 Å². The molecule has 3 aromatic carbocycles. The third-order valence-corrected chi connectivity index (χ3v) is 9.83. The Morgan fingerprint density at radius 3 is 2.22 bits per heavy atom. The molecule has 0 bridgehead atoms. The molecular weight excluding hydrogens is 716 g/mol. The molecule has 16 nitrogen and oxygen atoms in total. The van der Waals surface area contributed by atoms with Crippen molar-refractivity contribution in [2.24, 2.45) is 0 Å². The van der Waals surface area contributed by atoms with Crippen LogP contribution >= 0.6 is 0 Å². The number of nitrogens with one attached hydrogen (secondary N) is 3. The molecule has 1 aromatic heterocycles. The number of aromatic nitrogens is 2. The topological polar surface area (TPSA) is 239 Å². The zero-order valence-electron chi connectivity index (χ0n) is 29.3. The first-order valence-electron chi connectivity index (χ1n) is 17.7. The third kappa shape index (κ3) is 7.22. The van der Waals surface area contributed by atoms with E-state index in [1.807, 2.05) is 0 Å². The molecule has 1 saturated heterocycles. The summed E-state index contributed by atoms with van der Waals surface area (Å²) in [5.41, 5.74) is -0.981. The Morgan fingerprint density at radius 1 is 0.891 bits per heavy atom. The number of carbonyl (C=O) groups is 3. The van der Waals surface area contributed by atoms with E-state index in [1.165, 1.54) is 42.6 Å². The lowest BCUT2D eigenvalue weighted by atomic mass is 9.77. The van der Waals surface area contributed by atoms with Gasteiger partial charge in [0, 0.05) is 66.2 Å². The van der Waals surface area contributed by atoms with Crippen molar-refractivity contribution >= 4 is 23.9 Å². The number of aliphatic hydroxyl groups excluding tert-OH is 2. The van der Waals surface area contributed by atoms with Crippen LogP contribution in [-0.2, 0) is 19.9 Å². The number of phenolic OH excluding ortho intramolecular Hbond substituents is 2. The van der Waals surface area contributed by atoms with Crippen molar-refractivity contribution in [2.45, 2.75) is 56.1 Å². The molecule has 0 saturated carbocycles. The maximum Gasteiger partial charge on any atom is 0.340 e. The molecule has 55 heavy (non-hydrogen) atoms. The van der Waals surface area contributed by atoms with Crippen LogP contribution in [0, 0.1) is 0 Å². The Balaban J connectivity index is 0.900. The van der Waals surface area contributed by atoms with Gasteiger partial charge >= 0.3 is 11.7 Å². The summed E-state index contributed by atoms with van der Waals surface area (Å²) in [5, 5.41) is 45.2. The summed E-state index contributed by atoms with van der Waals surface area (Å²) >= 11 is 0. The zero-order chi connectivity index (χ0) is 38.9. The second-order valence-electron chi connectivity index (χ2n) is 13.5. The summed E-state index contributed by atoms with van der Waals surface area (Å²) in [7, 11) is 0. The monoisotopic (exact) mass is 754 g/mol. The van der Waals surface area contributed by atoms with Crippen LogP contribution in [0.1, 0.15) is 81.3 Å². The van der Waals surface area contributed by atoms with Gasteiger partial charge in [-0.25, -0.2) is 9.59 Å². The number of aliphatic hydroxyl groups is 2. The van der Waals surface area contributed by atoms with Crippen LogP contribution in [0.4, 0.5) is 0 Å². The molecule has 4 aromatic rings. The minimum atomic E-state index is -1.48. The second kappa shape index (κ2) is 15.3. The van der Waals surface area contributed by atoms with E-state index < -0.39 is 53.8 Å². The van der Waals surface area contributed by atoms with E-state index in [4.69, 9.17) is 14.2 Å². The van der Waals surface area contributed by atoms with Gasteiger partial charge in [0.25, 0.3) is 11.5 Å². The van der Waals surface area contributed by atoms with Crippen molar-refractivity contribution in [1.29, 1.82) is 0 Å². The summed E-state index contributed by atoms with van der Waals surface area (Å²) in [6.45, 7) is 0.325.